The minimum absolute atomic E-state index is 0.428. The van der Waals surface area contributed by atoms with E-state index in [2.05, 4.69) is 34.3 Å². The maximum atomic E-state index is 4.20. The molecule has 0 aliphatic heterocycles. The van der Waals surface area contributed by atoms with E-state index in [0.717, 1.165) is 17.4 Å². The predicted octanol–water partition coefficient (Wildman–Crippen LogP) is 3.07. The van der Waals surface area contributed by atoms with E-state index in [0.29, 0.717) is 5.25 Å². The molecule has 88 valence electrons. The van der Waals surface area contributed by atoms with Gasteiger partial charge >= 0.3 is 0 Å². The highest BCUT2D eigenvalue weighted by atomic mass is 32.2. The lowest BCUT2D eigenvalue weighted by molar-refractivity contribution is 0.936. The lowest BCUT2D eigenvalue weighted by Gasteiger charge is -2.12. The van der Waals surface area contributed by atoms with E-state index in [4.69, 9.17) is 0 Å². The number of hydrogen-bond donors (Lipinski definition) is 1. The molecule has 4 heteroatoms. The van der Waals surface area contributed by atoms with Crippen LogP contribution in [0.1, 0.15) is 6.92 Å². The Morgan fingerprint density at radius 1 is 1.12 bits per heavy atom. The topological polar surface area (TPSA) is 37.8 Å². The molecule has 2 aromatic rings. The molecule has 1 aromatic carbocycles. The van der Waals surface area contributed by atoms with Crippen molar-refractivity contribution >= 4 is 17.4 Å². The third kappa shape index (κ3) is 4.07. The van der Waals surface area contributed by atoms with E-state index < -0.39 is 0 Å². The van der Waals surface area contributed by atoms with Crippen LogP contribution in [0.25, 0.3) is 0 Å². The molecule has 3 nitrogen and oxygen atoms in total. The Bertz CT molecular complexity index is 433. The Labute approximate surface area is 106 Å². The fourth-order valence-corrected chi connectivity index (χ4v) is 2.16. The van der Waals surface area contributed by atoms with Crippen molar-refractivity contribution in [3.8, 4) is 0 Å². The van der Waals surface area contributed by atoms with Crippen molar-refractivity contribution in [2.75, 3.05) is 11.9 Å². The second-order valence-corrected chi connectivity index (χ2v) is 5.11. The van der Waals surface area contributed by atoms with Gasteiger partial charge < -0.3 is 5.32 Å². The molecule has 1 atom stereocenters. The van der Waals surface area contributed by atoms with Gasteiger partial charge in [0.15, 0.2) is 5.16 Å². The average molecular weight is 245 g/mol. The highest BCUT2D eigenvalue weighted by Gasteiger charge is 2.05. The van der Waals surface area contributed by atoms with E-state index in [1.165, 1.54) is 0 Å². The number of hydrogen-bond acceptors (Lipinski definition) is 4. The summed E-state index contributed by atoms with van der Waals surface area (Å²) in [6, 6.07) is 12.0. The fraction of sp³-hybridized carbons (Fsp3) is 0.231. The number of nitrogens with zero attached hydrogens (tertiary/aromatic N) is 2. The SMILES string of the molecule is CC(CNc1ccccc1)Sc1ncccn1. The molecule has 1 aromatic heterocycles. The van der Waals surface area contributed by atoms with Crippen molar-refractivity contribution in [2.24, 2.45) is 0 Å². The van der Waals surface area contributed by atoms with Gasteiger partial charge in [-0.05, 0) is 18.2 Å². The average Bonchev–Trinajstić information content (AvgIpc) is 2.39. The summed E-state index contributed by atoms with van der Waals surface area (Å²) in [6.45, 7) is 3.06. The number of rotatable bonds is 5. The summed E-state index contributed by atoms with van der Waals surface area (Å²) >= 11 is 1.68. The molecule has 1 N–H and O–H groups in total. The Morgan fingerprint density at radius 3 is 2.53 bits per heavy atom. The Balaban J connectivity index is 1.80. The lowest BCUT2D eigenvalue weighted by atomic mass is 10.3. The smallest absolute Gasteiger partial charge is 0.187 e. The van der Waals surface area contributed by atoms with E-state index in [-0.39, 0.29) is 0 Å². The molecule has 0 aliphatic carbocycles. The minimum Gasteiger partial charge on any atom is -0.384 e. The summed E-state index contributed by atoms with van der Waals surface area (Å²) in [5, 5.41) is 4.65. The monoisotopic (exact) mass is 245 g/mol. The molecule has 1 heterocycles. The summed E-state index contributed by atoms with van der Waals surface area (Å²) in [4.78, 5) is 8.40. The number of aromatic nitrogens is 2. The van der Waals surface area contributed by atoms with Gasteiger partial charge in [0.1, 0.15) is 0 Å². The van der Waals surface area contributed by atoms with Crippen molar-refractivity contribution in [1.82, 2.24) is 9.97 Å². The summed E-state index contributed by atoms with van der Waals surface area (Å²) in [5.74, 6) is 0. The van der Waals surface area contributed by atoms with E-state index in [1.807, 2.05) is 24.3 Å². The summed E-state index contributed by atoms with van der Waals surface area (Å²) in [7, 11) is 0. The lowest BCUT2D eigenvalue weighted by Crippen LogP contribution is -2.13. The largest absolute Gasteiger partial charge is 0.384 e. The second-order valence-electron chi connectivity index (χ2n) is 3.71. The zero-order chi connectivity index (χ0) is 11.9. The van der Waals surface area contributed by atoms with Gasteiger partial charge in [0.05, 0.1) is 0 Å². The standard InChI is InChI=1S/C13H15N3S/c1-11(17-13-14-8-5-9-15-13)10-16-12-6-3-2-4-7-12/h2-9,11,16H,10H2,1H3. The number of anilines is 1. The zero-order valence-corrected chi connectivity index (χ0v) is 10.5. The summed E-state index contributed by atoms with van der Waals surface area (Å²) < 4.78 is 0. The molecule has 0 amide bonds. The third-order valence-corrected chi connectivity index (χ3v) is 3.21. The molecular weight excluding hydrogens is 230 g/mol. The van der Waals surface area contributed by atoms with Crippen LogP contribution in [0.2, 0.25) is 0 Å². The fourth-order valence-electron chi connectivity index (χ4n) is 1.39. The van der Waals surface area contributed by atoms with Gasteiger partial charge in [0.2, 0.25) is 0 Å². The van der Waals surface area contributed by atoms with Crippen LogP contribution in [-0.2, 0) is 0 Å². The maximum absolute atomic E-state index is 4.20. The first kappa shape index (κ1) is 11.9. The quantitative estimate of drug-likeness (QED) is 0.649. The van der Waals surface area contributed by atoms with E-state index in [1.54, 1.807) is 24.2 Å². The second kappa shape index (κ2) is 6.25. The summed E-state index contributed by atoms with van der Waals surface area (Å²) in [5.41, 5.74) is 1.15. The van der Waals surface area contributed by atoms with Crippen molar-refractivity contribution in [2.45, 2.75) is 17.3 Å². The first-order valence-electron chi connectivity index (χ1n) is 5.57. The molecule has 0 aliphatic rings. The molecule has 0 spiro atoms. The van der Waals surface area contributed by atoms with Gasteiger partial charge in [0.25, 0.3) is 0 Å². The summed E-state index contributed by atoms with van der Waals surface area (Å²) in [6.07, 6.45) is 3.54. The highest BCUT2D eigenvalue weighted by molar-refractivity contribution is 7.99. The van der Waals surface area contributed by atoms with Crippen LogP contribution in [0.3, 0.4) is 0 Å². The zero-order valence-electron chi connectivity index (χ0n) is 9.71. The molecule has 0 bridgehead atoms. The molecule has 0 fully saturated rings. The van der Waals surface area contributed by atoms with E-state index >= 15 is 0 Å². The van der Waals surface area contributed by atoms with Crippen molar-refractivity contribution in [3.05, 3.63) is 48.8 Å². The van der Waals surface area contributed by atoms with Gasteiger partial charge in [-0.3, -0.25) is 0 Å². The van der Waals surface area contributed by atoms with Gasteiger partial charge in [-0.25, -0.2) is 9.97 Å². The molecule has 1 unspecified atom stereocenters. The van der Waals surface area contributed by atoms with Crippen LogP contribution in [0.15, 0.2) is 53.9 Å². The highest BCUT2D eigenvalue weighted by Crippen LogP contribution is 2.18. The third-order valence-electron chi connectivity index (χ3n) is 2.22. The first-order chi connectivity index (χ1) is 8.34. The van der Waals surface area contributed by atoms with E-state index in [9.17, 15) is 0 Å². The Kier molecular flexibility index (Phi) is 4.38. The first-order valence-corrected chi connectivity index (χ1v) is 6.45. The van der Waals surface area contributed by atoms with Gasteiger partial charge in [0, 0.05) is 29.9 Å². The number of benzene rings is 1. The van der Waals surface area contributed by atoms with Crippen LogP contribution >= 0.6 is 11.8 Å². The molecule has 17 heavy (non-hydrogen) atoms. The molecule has 0 saturated carbocycles. The van der Waals surface area contributed by atoms with Gasteiger partial charge in [-0.1, -0.05) is 36.9 Å². The van der Waals surface area contributed by atoms with Crippen molar-refractivity contribution in [3.63, 3.8) is 0 Å². The van der Waals surface area contributed by atoms with Crippen LogP contribution in [-0.4, -0.2) is 21.8 Å². The van der Waals surface area contributed by atoms with Crippen molar-refractivity contribution < 1.29 is 0 Å². The van der Waals surface area contributed by atoms with Crippen molar-refractivity contribution in [1.29, 1.82) is 0 Å². The number of para-hydroxylation sites is 1. The molecule has 2 rings (SSSR count). The Morgan fingerprint density at radius 2 is 1.82 bits per heavy atom. The predicted molar refractivity (Wildman–Crippen MR) is 72.3 cm³/mol. The number of nitrogens with one attached hydrogen (secondary N) is 1. The molecular formula is C13H15N3S. The Hall–Kier alpha value is -1.55. The van der Waals surface area contributed by atoms with Crippen LogP contribution in [0.5, 0.6) is 0 Å². The van der Waals surface area contributed by atoms with Gasteiger partial charge in [-0.2, -0.15) is 0 Å². The number of thioether (sulfide) groups is 1. The van der Waals surface area contributed by atoms with Crippen LogP contribution in [0.4, 0.5) is 5.69 Å². The normalized spacial score (nSPS) is 12.1. The maximum Gasteiger partial charge on any atom is 0.187 e. The van der Waals surface area contributed by atoms with Gasteiger partial charge in [-0.15, -0.1) is 0 Å². The molecule has 0 radical (unpaired) electrons. The minimum atomic E-state index is 0.428. The van der Waals surface area contributed by atoms with Crippen LogP contribution < -0.4 is 5.32 Å². The molecule has 0 saturated heterocycles. The van der Waals surface area contributed by atoms with Crippen LogP contribution in [0, 0.1) is 0 Å².